The highest BCUT2D eigenvalue weighted by atomic mass is 32.2. The predicted molar refractivity (Wildman–Crippen MR) is 72.7 cm³/mol. The molecule has 0 saturated heterocycles. The summed E-state index contributed by atoms with van der Waals surface area (Å²) in [5, 5.41) is 9.42. The smallest absolute Gasteiger partial charge is 0.369 e. The van der Waals surface area contributed by atoms with Gasteiger partial charge in [0.25, 0.3) is 0 Å². The maximum absolute atomic E-state index is 12.1. The van der Waals surface area contributed by atoms with Gasteiger partial charge in [-0.2, -0.15) is 17.8 Å². The number of ether oxygens (including phenoxy) is 1. The minimum atomic E-state index is -4.42. The Labute approximate surface area is 124 Å². The second-order valence-electron chi connectivity index (χ2n) is 5.61. The third-order valence-corrected chi connectivity index (χ3v) is 4.66. The van der Waals surface area contributed by atoms with Crippen LogP contribution in [0.4, 0.5) is 13.2 Å². The summed E-state index contributed by atoms with van der Waals surface area (Å²) >= 11 is 0. The molecule has 0 aromatic carbocycles. The van der Waals surface area contributed by atoms with Crippen LogP contribution in [0.3, 0.4) is 0 Å². The van der Waals surface area contributed by atoms with Gasteiger partial charge >= 0.3 is 6.18 Å². The van der Waals surface area contributed by atoms with Crippen molar-refractivity contribution < 1.29 is 36.2 Å². The standard InChI is InChI=1S/C12H25F3NO4S/c1-11(12(13,14)15)20-8-6-10-21(18,19)9-5-4-7-16(2,3)17/h11,17H,4-10H2,1-3H3/q+1. The lowest BCUT2D eigenvalue weighted by molar-refractivity contribution is -1.07. The molecule has 5 nitrogen and oxygen atoms in total. The molecule has 0 aromatic heterocycles. The summed E-state index contributed by atoms with van der Waals surface area (Å²) in [5.74, 6) is -0.212. The molecule has 0 fully saturated rings. The van der Waals surface area contributed by atoms with Crippen LogP contribution in [0.5, 0.6) is 0 Å². The Hall–Kier alpha value is -0.380. The van der Waals surface area contributed by atoms with Gasteiger partial charge in [0.05, 0.1) is 25.6 Å². The molecule has 0 aromatic rings. The highest BCUT2D eigenvalue weighted by Gasteiger charge is 2.36. The van der Waals surface area contributed by atoms with Crippen LogP contribution in [0.2, 0.25) is 0 Å². The number of alkyl halides is 3. The average molecular weight is 336 g/mol. The summed E-state index contributed by atoms with van der Waals surface area (Å²) < 4.78 is 64.1. The van der Waals surface area contributed by atoms with Gasteiger partial charge in [0.2, 0.25) is 0 Å². The van der Waals surface area contributed by atoms with Gasteiger partial charge in [-0.05, 0) is 19.8 Å². The molecule has 0 bridgehead atoms. The van der Waals surface area contributed by atoms with Crippen molar-refractivity contribution in [1.82, 2.24) is 0 Å². The number of sulfone groups is 1. The minimum Gasteiger partial charge on any atom is -0.369 e. The number of nitrogens with zero attached hydrogens (tertiary/aromatic N) is 1. The summed E-state index contributed by atoms with van der Waals surface area (Å²) in [6.45, 7) is 1.10. The lowest BCUT2D eigenvalue weighted by Crippen LogP contribution is -2.36. The largest absolute Gasteiger partial charge is 0.414 e. The van der Waals surface area contributed by atoms with Gasteiger partial charge in [0.1, 0.15) is 16.4 Å². The zero-order valence-electron chi connectivity index (χ0n) is 12.7. The molecule has 21 heavy (non-hydrogen) atoms. The lowest BCUT2D eigenvalue weighted by atomic mass is 10.3. The Morgan fingerprint density at radius 2 is 1.67 bits per heavy atom. The number of hydrogen-bond donors (Lipinski definition) is 1. The fourth-order valence-corrected chi connectivity index (χ4v) is 2.96. The van der Waals surface area contributed by atoms with Crippen LogP contribution in [0.15, 0.2) is 0 Å². The lowest BCUT2D eigenvalue weighted by Gasteiger charge is -2.19. The number of hydrogen-bond acceptors (Lipinski definition) is 4. The quantitative estimate of drug-likeness (QED) is 0.376. The predicted octanol–water partition coefficient (Wildman–Crippen LogP) is 2.00. The topological polar surface area (TPSA) is 63.6 Å². The van der Waals surface area contributed by atoms with Crippen LogP contribution in [0, 0.1) is 0 Å². The van der Waals surface area contributed by atoms with Crippen LogP contribution in [-0.4, -0.2) is 69.3 Å². The van der Waals surface area contributed by atoms with Crippen LogP contribution in [0.1, 0.15) is 26.2 Å². The molecule has 1 unspecified atom stereocenters. The normalized spacial score (nSPS) is 15.2. The van der Waals surface area contributed by atoms with Gasteiger partial charge in [-0.3, -0.25) is 0 Å². The van der Waals surface area contributed by atoms with E-state index in [2.05, 4.69) is 4.74 Å². The summed E-state index contributed by atoms with van der Waals surface area (Å²) in [6.07, 6.45) is -5.28. The second-order valence-corrected chi connectivity index (χ2v) is 7.92. The van der Waals surface area contributed by atoms with Crippen molar-refractivity contribution in [3.63, 3.8) is 0 Å². The van der Waals surface area contributed by atoms with E-state index in [0.29, 0.717) is 19.4 Å². The van der Waals surface area contributed by atoms with Gasteiger partial charge in [0.15, 0.2) is 6.10 Å². The van der Waals surface area contributed by atoms with Gasteiger partial charge in [0, 0.05) is 13.0 Å². The Morgan fingerprint density at radius 3 is 2.14 bits per heavy atom. The number of halogens is 3. The molecule has 0 aliphatic rings. The molecule has 0 aliphatic heterocycles. The van der Waals surface area contributed by atoms with Crippen molar-refractivity contribution in [1.29, 1.82) is 0 Å². The minimum absolute atomic E-state index is 0.0260. The van der Waals surface area contributed by atoms with E-state index in [1.807, 2.05) is 0 Å². The van der Waals surface area contributed by atoms with Crippen LogP contribution in [0.25, 0.3) is 0 Å². The van der Waals surface area contributed by atoms with Gasteiger partial charge in [-0.15, -0.1) is 0 Å². The Bertz CT molecular complexity index is 390. The molecule has 0 spiro atoms. The number of hydroxylamine groups is 3. The number of unbranched alkanes of at least 4 members (excludes halogenated alkanes) is 1. The van der Waals surface area contributed by atoms with E-state index < -0.39 is 22.1 Å². The fourth-order valence-electron chi connectivity index (χ4n) is 1.56. The Balaban J connectivity index is 3.84. The molecule has 9 heteroatoms. The molecule has 0 radical (unpaired) electrons. The van der Waals surface area contributed by atoms with Crippen molar-refractivity contribution in [2.75, 3.05) is 38.8 Å². The molecule has 1 atom stereocenters. The van der Waals surface area contributed by atoms with E-state index in [1.165, 1.54) is 0 Å². The maximum atomic E-state index is 12.1. The van der Waals surface area contributed by atoms with Gasteiger partial charge in [-0.1, -0.05) is 0 Å². The summed E-state index contributed by atoms with van der Waals surface area (Å²) in [5.41, 5.74) is 0. The van der Waals surface area contributed by atoms with E-state index in [1.54, 1.807) is 14.1 Å². The molecular formula is C12H25F3NO4S+. The molecule has 0 aliphatic carbocycles. The zero-order valence-corrected chi connectivity index (χ0v) is 13.5. The first-order valence-corrected chi connectivity index (χ1v) is 8.60. The fraction of sp³-hybridized carbons (Fsp3) is 1.00. The first kappa shape index (κ1) is 20.6. The first-order chi connectivity index (χ1) is 9.33. The zero-order chi connectivity index (χ0) is 16.7. The summed E-state index contributed by atoms with van der Waals surface area (Å²) in [6, 6.07) is 0. The van der Waals surface area contributed by atoms with Crippen molar-refractivity contribution in [2.45, 2.75) is 38.5 Å². The second kappa shape index (κ2) is 8.30. The number of quaternary nitrogens is 1. The van der Waals surface area contributed by atoms with Crippen molar-refractivity contribution in [2.24, 2.45) is 0 Å². The first-order valence-electron chi connectivity index (χ1n) is 6.78. The third-order valence-electron chi connectivity index (χ3n) is 2.84. The molecular weight excluding hydrogens is 311 g/mol. The van der Waals surface area contributed by atoms with Crippen LogP contribution >= 0.6 is 0 Å². The van der Waals surface area contributed by atoms with Crippen LogP contribution in [-0.2, 0) is 14.6 Å². The maximum Gasteiger partial charge on any atom is 0.414 e. The molecule has 0 saturated carbocycles. The number of rotatable bonds is 10. The van der Waals surface area contributed by atoms with E-state index in [0.717, 1.165) is 6.92 Å². The third kappa shape index (κ3) is 11.9. The van der Waals surface area contributed by atoms with Gasteiger partial charge < -0.3 is 4.74 Å². The van der Waals surface area contributed by atoms with Gasteiger partial charge in [-0.25, -0.2) is 13.6 Å². The molecule has 128 valence electrons. The highest BCUT2D eigenvalue weighted by molar-refractivity contribution is 7.91. The summed E-state index contributed by atoms with van der Waals surface area (Å²) in [4.78, 5) is 0. The average Bonchev–Trinajstić information content (AvgIpc) is 2.27. The molecule has 0 rings (SSSR count). The van der Waals surface area contributed by atoms with Crippen molar-refractivity contribution in [3.8, 4) is 0 Å². The highest BCUT2D eigenvalue weighted by Crippen LogP contribution is 2.22. The molecule has 0 amide bonds. The molecule has 1 N–H and O–H groups in total. The Morgan fingerprint density at radius 1 is 1.14 bits per heavy atom. The Kier molecular flexibility index (Phi) is 8.15. The van der Waals surface area contributed by atoms with E-state index in [4.69, 9.17) is 0 Å². The van der Waals surface area contributed by atoms with E-state index >= 15 is 0 Å². The monoisotopic (exact) mass is 336 g/mol. The summed E-state index contributed by atoms with van der Waals surface area (Å²) in [7, 11) is -0.101. The SMILES string of the molecule is CC(OCCCS(=O)(=O)CCCC[N+](C)(C)O)C(F)(F)F. The van der Waals surface area contributed by atoms with E-state index in [9.17, 15) is 26.8 Å². The molecule has 0 heterocycles. The van der Waals surface area contributed by atoms with Crippen LogP contribution < -0.4 is 0 Å². The van der Waals surface area contributed by atoms with Crippen molar-refractivity contribution in [3.05, 3.63) is 0 Å². The van der Waals surface area contributed by atoms with E-state index in [-0.39, 0.29) is 29.2 Å². The van der Waals surface area contributed by atoms with Crippen molar-refractivity contribution >= 4 is 9.84 Å².